The van der Waals surface area contributed by atoms with E-state index in [0.29, 0.717) is 5.92 Å². The van der Waals surface area contributed by atoms with E-state index in [1.165, 1.54) is 44.9 Å². The van der Waals surface area contributed by atoms with E-state index in [9.17, 15) is 4.79 Å². The molecule has 1 heterocycles. The zero-order valence-electron chi connectivity index (χ0n) is 14.0. The number of hydrogen-bond acceptors (Lipinski definition) is 2. The van der Waals surface area contributed by atoms with Crippen molar-refractivity contribution in [2.75, 3.05) is 6.54 Å². The van der Waals surface area contributed by atoms with Gasteiger partial charge in [-0.1, -0.05) is 65.7 Å². The standard InChI is InChI=1S/C17H34N2O/c1-5-6-7-8-9-10-11-12-13-19-16(14(2)3)18-15(4)17(19)20/h14-16,18H,5-13H2,1-4H3. The smallest absolute Gasteiger partial charge is 0.240 e. The quantitative estimate of drug-likeness (QED) is 0.616. The number of unbranched alkanes of at least 4 members (excludes halogenated alkanes) is 7. The molecule has 1 amide bonds. The van der Waals surface area contributed by atoms with Crippen LogP contribution in [0.2, 0.25) is 0 Å². The van der Waals surface area contributed by atoms with Crippen molar-refractivity contribution in [3.05, 3.63) is 0 Å². The number of nitrogens with zero attached hydrogens (tertiary/aromatic N) is 1. The molecule has 1 aliphatic heterocycles. The van der Waals surface area contributed by atoms with Crippen LogP contribution in [0, 0.1) is 5.92 Å². The summed E-state index contributed by atoms with van der Waals surface area (Å²) in [6.07, 6.45) is 10.8. The molecule has 0 aromatic heterocycles. The van der Waals surface area contributed by atoms with E-state index in [2.05, 4.69) is 31.0 Å². The molecule has 3 nitrogen and oxygen atoms in total. The first kappa shape index (κ1) is 17.5. The molecule has 3 heteroatoms. The van der Waals surface area contributed by atoms with Gasteiger partial charge in [0, 0.05) is 6.54 Å². The van der Waals surface area contributed by atoms with Crippen molar-refractivity contribution in [2.24, 2.45) is 5.92 Å². The highest BCUT2D eigenvalue weighted by Crippen LogP contribution is 2.18. The Kier molecular flexibility index (Phi) is 8.20. The Morgan fingerprint density at radius 1 is 1.05 bits per heavy atom. The summed E-state index contributed by atoms with van der Waals surface area (Å²) in [5.74, 6) is 0.768. The van der Waals surface area contributed by atoms with Gasteiger partial charge in [0.25, 0.3) is 0 Å². The van der Waals surface area contributed by atoms with Crippen LogP contribution in [0.1, 0.15) is 79.1 Å². The Bertz CT molecular complexity index is 278. The minimum Gasteiger partial charge on any atom is -0.326 e. The molecule has 1 aliphatic rings. The molecule has 0 radical (unpaired) electrons. The zero-order chi connectivity index (χ0) is 15.0. The van der Waals surface area contributed by atoms with Crippen LogP contribution in [0.25, 0.3) is 0 Å². The van der Waals surface area contributed by atoms with Crippen molar-refractivity contribution in [3.8, 4) is 0 Å². The van der Waals surface area contributed by atoms with Crippen molar-refractivity contribution in [1.29, 1.82) is 0 Å². The topological polar surface area (TPSA) is 32.3 Å². The van der Waals surface area contributed by atoms with Crippen LogP contribution >= 0.6 is 0 Å². The molecule has 0 saturated carbocycles. The summed E-state index contributed by atoms with van der Waals surface area (Å²) in [6, 6.07) is -0.00329. The highest BCUT2D eigenvalue weighted by Gasteiger charge is 2.36. The molecule has 0 aromatic rings. The van der Waals surface area contributed by atoms with Crippen LogP contribution in [-0.2, 0) is 4.79 Å². The maximum absolute atomic E-state index is 12.1. The lowest BCUT2D eigenvalue weighted by atomic mass is 10.1. The van der Waals surface area contributed by atoms with Crippen LogP contribution in [0.3, 0.4) is 0 Å². The first-order valence-electron chi connectivity index (χ1n) is 8.64. The molecule has 20 heavy (non-hydrogen) atoms. The third kappa shape index (κ3) is 5.43. The molecule has 2 atom stereocenters. The summed E-state index contributed by atoms with van der Waals surface area (Å²) >= 11 is 0. The van der Waals surface area contributed by atoms with E-state index in [1.807, 2.05) is 6.92 Å². The SMILES string of the molecule is CCCCCCCCCCN1C(=O)C(C)NC1C(C)C. The zero-order valence-corrected chi connectivity index (χ0v) is 14.0. The summed E-state index contributed by atoms with van der Waals surface area (Å²) in [7, 11) is 0. The second kappa shape index (κ2) is 9.38. The number of nitrogens with one attached hydrogen (secondary N) is 1. The fraction of sp³-hybridized carbons (Fsp3) is 0.941. The van der Waals surface area contributed by atoms with E-state index in [1.54, 1.807) is 0 Å². The third-order valence-electron chi connectivity index (χ3n) is 4.29. The highest BCUT2D eigenvalue weighted by atomic mass is 16.2. The molecule has 1 N–H and O–H groups in total. The molecular weight excluding hydrogens is 248 g/mol. The fourth-order valence-electron chi connectivity index (χ4n) is 3.02. The van der Waals surface area contributed by atoms with Crippen LogP contribution in [0.15, 0.2) is 0 Å². The van der Waals surface area contributed by atoms with Gasteiger partial charge in [0.2, 0.25) is 5.91 Å². The molecule has 1 fully saturated rings. The molecule has 118 valence electrons. The Morgan fingerprint density at radius 2 is 1.60 bits per heavy atom. The molecule has 1 saturated heterocycles. The molecule has 0 aliphatic carbocycles. The first-order valence-corrected chi connectivity index (χ1v) is 8.64. The molecule has 2 unspecified atom stereocenters. The Hall–Kier alpha value is -0.570. The van der Waals surface area contributed by atoms with Gasteiger partial charge >= 0.3 is 0 Å². The number of rotatable bonds is 10. The van der Waals surface area contributed by atoms with E-state index < -0.39 is 0 Å². The average molecular weight is 282 g/mol. The minimum absolute atomic E-state index is 0.00329. The van der Waals surface area contributed by atoms with Crippen LogP contribution < -0.4 is 5.32 Å². The van der Waals surface area contributed by atoms with Crippen LogP contribution in [-0.4, -0.2) is 29.6 Å². The number of carbonyl (C=O) groups is 1. The summed E-state index contributed by atoms with van der Waals surface area (Å²) in [5.41, 5.74) is 0. The maximum atomic E-state index is 12.1. The highest BCUT2D eigenvalue weighted by molar-refractivity contribution is 5.83. The van der Waals surface area contributed by atoms with Gasteiger partial charge in [-0.25, -0.2) is 0 Å². The third-order valence-corrected chi connectivity index (χ3v) is 4.29. The molecule has 0 spiro atoms. The summed E-state index contributed by atoms with van der Waals surface area (Å²) < 4.78 is 0. The fourth-order valence-corrected chi connectivity index (χ4v) is 3.02. The van der Waals surface area contributed by atoms with E-state index in [-0.39, 0.29) is 18.1 Å². The van der Waals surface area contributed by atoms with Crippen LogP contribution in [0.5, 0.6) is 0 Å². The summed E-state index contributed by atoms with van der Waals surface area (Å²) in [5, 5.41) is 3.40. The van der Waals surface area contributed by atoms with Gasteiger partial charge in [0.15, 0.2) is 0 Å². The molecule has 1 rings (SSSR count). The van der Waals surface area contributed by atoms with Gasteiger partial charge in [-0.2, -0.15) is 0 Å². The number of hydrogen-bond donors (Lipinski definition) is 1. The van der Waals surface area contributed by atoms with Crippen molar-refractivity contribution in [2.45, 2.75) is 91.3 Å². The van der Waals surface area contributed by atoms with E-state index >= 15 is 0 Å². The van der Waals surface area contributed by atoms with Crippen molar-refractivity contribution < 1.29 is 4.79 Å². The van der Waals surface area contributed by atoms with Gasteiger partial charge < -0.3 is 4.90 Å². The maximum Gasteiger partial charge on any atom is 0.240 e. The van der Waals surface area contributed by atoms with Crippen molar-refractivity contribution >= 4 is 5.91 Å². The summed E-state index contributed by atoms with van der Waals surface area (Å²) in [6.45, 7) is 9.53. The lowest BCUT2D eigenvalue weighted by Crippen LogP contribution is -2.41. The van der Waals surface area contributed by atoms with E-state index in [0.717, 1.165) is 13.0 Å². The Balaban J connectivity index is 2.15. The minimum atomic E-state index is -0.00329. The normalized spacial score (nSPS) is 23.1. The summed E-state index contributed by atoms with van der Waals surface area (Å²) in [4.78, 5) is 14.2. The Labute approximate surface area is 125 Å². The number of carbonyl (C=O) groups excluding carboxylic acids is 1. The lowest BCUT2D eigenvalue weighted by molar-refractivity contribution is -0.130. The predicted molar refractivity (Wildman–Crippen MR) is 85.5 cm³/mol. The average Bonchev–Trinajstić information content (AvgIpc) is 2.70. The second-order valence-corrected chi connectivity index (χ2v) is 6.58. The Morgan fingerprint density at radius 3 is 2.15 bits per heavy atom. The monoisotopic (exact) mass is 282 g/mol. The van der Waals surface area contributed by atoms with Gasteiger partial charge in [-0.3, -0.25) is 10.1 Å². The molecule has 0 bridgehead atoms. The van der Waals surface area contributed by atoms with Crippen molar-refractivity contribution in [1.82, 2.24) is 10.2 Å². The lowest BCUT2D eigenvalue weighted by Gasteiger charge is -2.27. The molecular formula is C17H34N2O. The van der Waals surface area contributed by atoms with Gasteiger partial charge in [-0.15, -0.1) is 0 Å². The molecule has 0 aromatic carbocycles. The number of amides is 1. The van der Waals surface area contributed by atoms with Gasteiger partial charge in [-0.05, 0) is 19.3 Å². The largest absolute Gasteiger partial charge is 0.326 e. The first-order chi connectivity index (χ1) is 9.57. The van der Waals surface area contributed by atoms with Gasteiger partial charge in [0.05, 0.1) is 12.2 Å². The van der Waals surface area contributed by atoms with Crippen LogP contribution in [0.4, 0.5) is 0 Å². The van der Waals surface area contributed by atoms with Gasteiger partial charge in [0.1, 0.15) is 0 Å². The second-order valence-electron chi connectivity index (χ2n) is 6.58. The predicted octanol–water partition coefficient (Wildman–Crippen LogP) is 3.93. The van der Waals surface area contributed by atoms with E-state index in [4.69, 9.17) is 0 Å². The van der Waals surface area contributed by atoms with Crippen molar-refractivity contribution in [3.63, 3.8) is 0 Å².